The van der Waals surface area contributed by atoms with Gasteiger partial charge >= 0.3 is 5.97 Å². The number of carbonyl (C=O) groups is 3. The highest BCUT2D eigenvalue weighted by molar-refractivity contribution is 5.88. The molecule has 10 nitrogen and oxygen atoms in total. The first kappa shape index (κ1) is 20.8. The molecular weight excluding hydrogens is 330 g/mol. The summed E-state index contributed by atoms with van der Waals surface area (Å²) < 4.78 is 0. The van der Waals surface area contributed by atoms with Crippen LogP contribution in [0.25, 0.3) is 0 Å². The fourth-order valence-electron chi connectivity index (χ4n) is 3.23. The van der Waals surface area contributed by atoms with Crippen LogP contribution >= 0.6 is 0 Å². The van der Waals surface area contributed by atoms with Crippen molar-refractivity contribution in [3.63, 3.8) is 0 Å². The Bertz CT molecular complexity index is 536. The van der Waals surface area contributed by atoms with Crippen molar-refractivity contribution < 1.29 is 24.6 Å². The lowest BCUT2D eigenvalue weighted by atomic mass is 9.91. The monoisotopic (exact) mass is 357 g/mol. The van der Waals surface area contributed by atoms with Crippen LogP contribution in [0.3, 0.4) is 0 Å². The number of amides is 2. The van der Waals surface area contributed by atoms with Gasteiger partial charge in [-0.1, -0.05) is 0 Å². The zero-order valence-electron chi connectivity index (χ0n) is 14.7. The number of hydrogen-bond acceptors (Lipinski definition) is 6. The molecule has 2 amide bonds. The highest BCUT2D eigenvalue weighted by Crippen LogP contribution is 2.39. The maximum atomic E-state index is 12.8. The molecule has 0 aromatic rings. The summed E-state index contributed by atoms with van der Waals surface area (Å²) in [7, 11) is 0. The predicted molar refractivity (Wildman–Crippen MR) is 90.4 cm³/mol. The van der Waals surface area contributed by atoms with Crippen LogP contribution in [0.2, 0.25) is 0 Å². The van der Waals surface area contributed by atoms with Gasteiger partial charge in [0.05, 0.1) is 12.4 Å². The number of nitrogens with one attached hydrogen (secondary N) is 2. The van der Waals surface area contributed by atoms with E-state index in [0.717, 1.165) is 0 Å². The average Bonchev–Trinajstić information content (AvgIpc) is 2.89. The molecule has 10 heteroatoms. The number of nitrogens with two attached hydrogens (primary N) is 1. The van der Waals surface area contributed by atoms with Crippen LogP contribution in [0, 0.1) is 5.92 Å². The van der Waals surface area contributed by atoms with Gasteiger partial charge in [-0.05, 0) is 20.3 Å². The summed E-state index contributed by atoms with van der Waals surface area (Å²) >= 11 is 0. The average molecular weight is 357 g/mol. The Morgan fingerprint density at radius 1 is 1.36 bits per heavy atom. The van der Waals surface area contributed by atoms with Gasteiger partial charge in [-0.15, -0.1) is 0 Å². The largest absolute Gasteiger partial charge is 0.479 e. The number of aliphatic imine (C=N–C) groups is 1. The molecule has 1 aliphatic rings. The van der Waals surface area contributed by atoms with Crippen LogP contribution in [-0.2, 0) is 14.4 Å². The molecule has 4 atom stereocenters. The molecule has 0 aromatic heterocycles. The van der Waals surface area contributed by atoms with Crippen molar-refractivity contribution >= 4 is 24.1 Å². The van der Waals surface area contributed by atoms with E-state index in [4.69, 9.17) is 5.84 Å². The number of carbonyl (C=O) groups excluding carboxylic acids is 2. The first-order valence-electron chi connectivity index (χ1n) is 8.19. The van der Waals surface area contributed by atoms with Gasteiger partial charge in [0, 0.05) is 32.4 Å². The number of nitrogens with zero attached hydrogens (tertiary/aromatic N) is 2. The van der Waals surface area contributed by atoms with Crippen molar-refractivity contribution in [2.24, 2.45) is 16.8 Å². The fraction of sp³-hybridized carbons (Fsp3) is 0.733. The van der Waals surface area contributed by atoms with Gasteiger partial charge < -0.3 is 25.9 Å². The number of aliphatic carboxylic acids is 1. The SMILES string of the molecule is CCN(CC)C(=O)C(NC(C)=O)[C@H]1C[C@@](O)(C(=O)O)C[C@@H]1N=CNN. The predicted octanol–water partition coefficient (Wildman–Crippen LogP) is -1.55. The molecule has 25 heavy (non-hydrogen) atoms. The second kappa shape index (κ2) is 8.77. The van der Waals surface area contributed by atoms with E-state index in [1.54, 1.807) is 4.90 Å². The number of rotatable bonds is 8. The molecule has 1 rings (SSSR count). The number of hydrogen-bond donors (Lipinski definition) is 5. The minimum absolute atomic E-state index is 0.174. The van der Waals surface area contributed by atoms with E-state index in [1.165, 1.54) is 13.3 Å². The lowest BCUT2D eigenvalue weighted by molar-refractivity contribution is -0.158. The highest BCUT2D eigenvalue weighted by Gasteiger charge is 2.53. The standard InChI is InChI=1S/C15H27N5O5/c1-4-20(5-2)13(22)12(19-9(3)21)10-6-15(25,14(23)24)7-11(10)17-8-18-16/h8,10-12,25H,4-7,16H2,1-3H3,(H,17,18)(H,19,21)(H,23,24)/t10-,11-,12?,15-/m0/s1. The third kappa shape index (κ3) is 4.89. The molecule has 1 fully saturated rings. The van der Waals surface area contributed by atoms with Crippen LogP contribution in [0.15, 0.2) is 4.99 Å². The molecule has 0 heterocycles. The molecule has 0 bridgehead atoms. The van der Waals surface area contributed by atoms with Crippen molar-refractivity contribution in [2.75, 3.05) is 13.1 Å². The number of carboxylic acids is 1. The Morgan fingerprint density at radius 2 is 1.96 bits per heavy atom. The number of likely N-dealkylation sites (N-methyl/N-ethyl adjacent to an activating group) is 1. The van der Waals surface area contributed by atoms with E-state index in [9.17, 15) is 24.6 Å². The lowest BCUT2D eigenvalue weighted by Gasteiger charge is -2.31. The summed E-state index contributed by atoms with van der Waals surface area (Å²) in [5.74, 6) is 2.35. The molecule has 0 saturated heterocycles. The number of hydrazine groups is 1. The van der Waals surface area contributed by atoms with Crippen LogP contribution in [0.4, 0.5) is 0 Å². The van der Waals surface area contributed by atoms with Crippen LogP contribution in [0.5, 0.6) is 0 Å². The van der Waals surface area contributed by atoms with Gasteiger partial charge in [0.25, 0.3) is 0 Å². The van der Waals surface area contributed by atoms with Gasteiger partial charge in [0.15, 0.2) is 5.60 Å². The van der Waals surface area contributed by atoms with Gasteiger partial charge in [-0.3, -0.25) is 14.6 Å². The van der Waals surface area contributed by atoms with E-state index in [1.807, 2.05) is 13.8 Å². The molecule has 0 aliphatic heterocycles. The van der Waals surface area contributed by atoms with Gasteiger partial charge in [-0.25, -0.2) is 10.6 Å². The second-order valence-corrected chi connectivity index (χ2v) is 6.11. The minimum Gasteiger partial charge on any atom is -0.479 e. The molecule has 1 unspecified atom stereocenters. The van der Waals surface area contributed by atoms with E-state index in [0.29, 0.717) is 13.1 Å². The van der Waals surface area contributed by atoms with Gasteiger partial charge in [-0.2, -0.15) is 0 Å². The normalized spacial score (nSPS) is 27.1. The van der Waals surface area contributed by atoms with Crippen LogP contribution in [0.1, 0.15) is 33.6 Å². The summed E-state index contributed by atoms with van der Waals surface area (Å²) in [6.45, 7) is 5.78. The topological polar surface area (TPSA) is 157 Å². The molecule has 6 N–H and O–H groups in total. The van der Waals surface area contributed by atoms with Crippen molar-refractivity contribution in [3.05, 3.63) is 0 Å². The second-order valence-electron chi connectivity index (χ2n) is 6.11. The molecule has 0 spiro atoms. The summed E-state index contributed by atoms with van der Waals surface area (Å²) in [6, 6.07) is -1.67. The van der Waals surface area contributed by atoms with Crippen molar-refractivity contribution in [1.82, 2.24) is 15.6 Å². The quantitative estimate of drug-likeness (QED) is 0.152. The summed E-state index contributed by atoms with van der Waals surface area (Å²) in [5, 5.41) is 22.3. The Labute approximate surface area is 146 Å². The first-order valence-corrected chi connectivity index (χ1v) is 8.19. The zero-order valence-corrected chi connectivity index (χ0v) is 14.7. The van der Waals surface area contributed by atoms with Gasteiger partial charge in [0.2, 0.25) is 11.8 Å². The fourth-order valence-corrected chi connectivity index (χ4v) is 3.23. The smallest absolute Gasteiger partial charge is 0.335 e. The molecular formula is C15H27N5O5. The molecule has 0 aromatic carbocycles. The number of aliphatic hydroxyl groups is 1. The maximum absolute atomic E-state index is 12.8. The van der Waals surface area contributed by atoms with Crippen LogP contribution in [-0.4, -0.2) is 70.0 Å². The molecule has 1 aliphatic carbocycles. The van der Waals surface area contributed by atoms with Crippen molar-refractivity contribution in [2.45, 2.75) is 51.3 Å². The van der Waals surface area contributed by atoms with E-state index < -0.39 is 35.5 Å². The van der Waals surface area contributed by atoms with Gasteiger partial charge in [0.1, 0.15) is 6.04 Å². The summed E-state index contributed by atoms with van der Waals surface area (Å²) in [6.07, 6.45) is 0.803. The summed E-state index contributed by atoms with van der Waals surface area (Å²) in [4.78, 5) is 41.5. The summed E-state index contributed by atoms with van der Waals surface area (Å²) in [5.41, 5.74) is 0.210. The van der Waals surface area contributed by atoms with Crippen molar-refractivity contribution in [3.8, 4) is 0 Å². The molecule has 0 radical (unpaired) electrons. The van der Waals surface area contributed by atoms with E-state index in [2.05, 4.69) is 15.7 Å². The Kier molecular flexibility index (Phi) is 7.31. The Balaban J connectivity index is 3.22. The molecule has 142 valence electrons. The number of carboxylic acid groups (broad SMARTS) is 1. The van der Waals surface area contributed by atoms with Crippen molar-refractivity contribution in [1.29, 1.82) is 0 Å². The maximum Gasteiger partial charge on any atom is 0.335 e. The Hall–Kier alpha value is -2.20. The van der Waals surface area contributed by atoms with Crippen LogP contribution < -0.4 is 16.6 Å². The minimum atomic E-state index is -2.01. The lowest BCUT2D eigenvalue weighted by Crippen LogP contribution is -2.53. The molecule has 1 saturated carbocycles. The van der Waals surface area contributed by atoms with E-state index in [-0.39, 0.29) is 18.7 Å². The Morgan fingerprint density at radius 3 is 2.40 bits per heavy atom. The first-order chi connectivity index (χ1) is 11.7. The van der Waals surface area contributed by atoms with E-state index >= 15 is 0 Å². The zero-order chi connectivity index (χ0) is 19.2. The third-order valence-electron chi connectivity index (χ3n) is 4.48. The highest BCUT2D eigenvalue weighted by atomic mass is 16.4. The third-order valence-corrected chi connectivity index (χ3v) is 4.48.